The molecule has 0 heteroatoms. The molecule has 2 aromatic rings. The zero-order chi connectivity index (χ0) is 15.8. The van der Waals surface area contributed by atoms with Crippen molar-refractivity contribution in [3.8, 4) is 0 Å². The first-order chi connectivity index (χ1) is 10.4. The Kier molecular flexibility index (Phi) is 3.72. The molecular weight excluding hydrogens is 264 g/mol. The second-order valence-electron chi connectivity index (χ2n) is 7.82. The lowest BCUT2D eigenvalue weighted by atomic mass is 9.63. The van der Waals surface area contributed by atoms with Crippen molar-refractivity contribution in [2.24, 2.45) is 0 Å². The van der Waals surface area contributed by atoms with Crippen LogP contribution >= 0.6 is 0 Å². The minimum Gasteiger partial charge on any atom is -0.0622 e. The highest BCUT2D eigenvalue weighted by atomic mass is 14.4. The van der Waals surface area contributed by atoms with E-state index in [0.29, 0.717) is 5.41 Å². The monoisotopic (exact) mass is 290 g/mol. The maximum absolute atomic E-state index is 2.40. The van der Waals surface area contributed by atoms with Crippen molar-refractivity contribution in [3.63, 3.8) is 0 Å². The van der Waals surface area contributed by atoms with Crippen LogP contribution in [0.3, 0.4) is 0 Å². The second-order valence-corrected chi connectivity index (χ2v) is 7.82. The predicted octanol–water partition coefficient (Wildman–Crippen LogP) is 6.21. The maximum atomic E-state index is 2.40. The van der Waals surface area contributed by atoms with Crippen LogP contribution in [0.15, 0.2) is 48.5 Å². The molecule has 0 atom stereocenters. The number of hydrogen-bond donors (Lipinski definition) is 0. The van der Waals surface area contributed by atoms with Gasteiger partial charge in [-0.3, -0.25) is 0 Å². The van der Waals surface area contributed by atoms with Crippen LogP contribution in [0.1, 0.15) is 62.8 Å². The summed E-state index contributed by atoms with van der Waals surface area (Å²) < 4.78 is 0. The molecule has 22 heavy (non-hydrogen) atoms. The predicted molar refractivity (Wildman–Crippen MR) is 97.1 cm³/mol. The SMILES string of the molecule is CC1(C)CCC(C)(C)c2cc(C=Cc3ccccc3)ccc21. The summed E-state index contributed by atoms with van der Waals surface area (Å²) in [7, 11) is 0. The quantitative estimate of drug-likeness (QED) is 0.577. The van der Waals surface area contributed by atoms with E-state index in [4.69, 9.17) is 0 Å². The summed E-state index contributed by atoms with van der Waals surface area (Å²) in [6, 6.07) is 17.5. The third-order valence-electron chi connectivity index (χ3n) is 5.14. The fourth-order valence-electron chi connectivity index (χ4n) is 3.47. The molecule has 0 aliphatic heterocycles. The Morgan fingerprint density at radius 2 is 1.27 bits per heavy atom. The smallest absolute Gasteiger partial charge is 0.0100 e. The topological polar surface area (TPSA) is 0 Å². The summed E-state index contributed by atoms with van der Waals surface area (Å²) >= 11 is 0. The van der Waals surface area contributed by atoms with Gasteiger partial charge in [0.05, 0.1) is 0 Å². The van der Waals surface area contributed by atoms with Crippen molar-refractivity contribution in [2.75, 3.05) is 0 Å². The van der Waals surface area contributed by atoms with Crippen LogP contribution in [0.5, 0.6) is 0 Å². The van der Waals surface area contributed by atoms with Crippen molar-refractivity contribution in [1.29, 1.82) is 0 Å². The average Bonchev–Trinajstić information content (AvgIpc) is 2.51. The Labute approximate surface area is 134 Å². The standard InChI is InChI=1S/C22H26/c1-21(2)14-15-22(3,4)20-16-18(12-13-19(20)21)11-10-17-8-6-5-7-9-17/h5-13,16H,14-15H2,1-4H3. The molecular formula is C22H26. The zero-order valence-corrected chi connectivity index (χ0v) is 14.2. The molecule has 0 saturated carbocycles. The van der Waals surface area contributed by atoms with E-state index in [9.17, 15) is 0 Å². The van der Waals surface area contributed by atoms with E-state index in [1.165, 1.54) is 35.1 Å². The van der Waals surface area contributed by atoms with Crippen LogP contribution in [0, 0.1) is 0 Å². The van der Waals surface area contributed by atoms with Gasteiger partial charge in [-0.05, 0) is 45.9 Å². The normalized spacial score (nSPS) is 19.1. The van der Waals surface area contributed by atoms with Crippen molar-refractivity contribution >= 4 is 12.2 Å². The summed E-state index contributed by atoms with van der Waals surface area (Å²) in [5.41, 5.74) is 6.18. The molecule has 0 spiro atoms. The molecule has 1 aliphatic carbocycles. The Morgan fingerprint density at radius 1 is 0.682 bits per heavy atom. The molecule has 0 heterocycles. The fourth-order valence-corrected chi connectivity index (χ4v) is 3.47. The summed E-state index contributed by atoms with van der Waals surface area (Å²) in [6.45, 7) is 9.51. The third kappa shape index (κ3) is 2.88. The first-order valence-corrected chi connectivity index (χ1v) is 8.27. The van der Waals surface area contributed by atoms with E-state index < -0.39 is 0 Å². The Bertz CT molecular complexity index is 687. The van der Waals surface area contributed by atoms with Gasteiger partial charge < -0.3 is 0 Å². The Hall–Kier alpha value is -1.82. The number of rotatable bonds is 2. The van der Waals surface area contributed by atoms with E-state index >= 15 is 0 Å². The van der Waals surface area contributed by atoms with Crippen LogP contribution < -0.4 is 0 Å². The highest BCUT2D eigenvalue weighted by molar-refractivity contribution is 5.70. The number of benzene rings is 2. The minimum atomic E-state index is 0.279. The number of fused-ring (bicyclic) bond motifs is 1. The molecule has 0 nitrogen and oxygen atoms in total. The van der Waals surface area contributed by atoms with E-state index in [0.717, 1.165) is 0 Å². The summed E-state index contributed by atoms with van der Waals surface area (Å²) in [6.07, 6.45) is 6.96. The maximum Gasteiger partial charge on any atom is -0.0100 e. The summed E-state index contributed by atoms with van der Waals surface area (Å²) in [4.78, 5) is 0. The first-order valence-electron chi connectivity index (χ1n) is 8.27. The molecule has 0 unspecified atom stereocenters. The highest BCUT2D eigenvalue weighted by Crippen LogP contribution is 2.45. The van der Waals surface area contributed by atoms with Crippen molar-refractivity contribution in [1.82, 2.24) is 0 Å². The van der Waals surface area contributed by atoms with Gasteiger partial charge in [-0.1, -0.05) is 88.4 Å². The molecule has 0 fully saturated rings. The van der Waals surface area contributed by atoms with Crippen molar-refractivity contribution < 1.29 is 0 Å². The lowest BCUT2D eigenvalue weighted by Crippen LogP contribution is -2.33. The van der Waals surface area contributed by atoms with Gasteiger partial charge in [-0.25, -0.2) is 0 Å². The van der Waals surface area contributed by atoms with Gasteiger partial charge in [0.2, 0.25) is 0 Å². The fraction of sp³-hybridized carbons (Fsp3) is 0.364. The van der Waals surface area contributed by atoms with E-state index in [1.54, 1.807) is 0 Å². The molecule has 114 valence electrons. The van der Waals surface area contributed by atoms with Crippen LogP contribution in [0.2, 0.25) is 0 Å². The minimum absolute atomic E-state index is 0.279. The molecule has 3 rings (SSSR count). The second kappa shape index (κ2) is 5.43. The van der Waals surface area contributed by atoms with Gasteiger partial charge in [0.15, 0.2) is 0 Å². The Balaban J connectivity index is 1.98. The average molecular weight is 290 g/mol. The van der Waals surface area contributed by atoms with E-state index in [1.807, 2.05) is 0 Å². The molecule has 0 amide bonds. The third-order valence-corrected chi connectivity index (χ3v) is 5.14. The lowest BCUT2D eigenvalue weighted by molar-refractivity contribution is 0.332. The largest absolute Gasteiger partial charge is 0.0622 e. The summed E-state index contributed by atoms with van der Waals surface area (Å²) in [5, 5.41) is 0. The van der Waals surface area contributed by atoms with Crippen LogP contribution in [0.4, 0.5) is 0 Å². The Morgan fingerprint density at radius 3 is 1.95 bits per heavy atom. The highest BCUT2D eigenvalue weighted by Gasteiger charge is 2.36. The molecule has 0 saturated heterocycles. The molecule has 0 N–H and O–H groups in total. The zero-order valence-electron chi connectivity index (χ0n) is 14.2. The van der Waals surface area contributed by atoms with Gasteiger partial charge in [0.25, 0.3) is 0 Å². The molecule has 0 radical (unpaired) electrons. The molecule has 1 aliphatic rings. The molecule has 2 aromatic carbocycles. The molecule has 0 bridgehead atoms. The first kappa shape index (κ1) is 15.1. The van der Waals surface area contributed by atoms with Gasteiger partial charge in [-0.2, -0.15) is 0 Å². The van der Waals surface area contributed by atoms with Crippen LogP contribution in [-0.4, -0.2) is 0 Å². The van der Waals surface area contributed by atoms with E-state index in [-0.39, 0.29) is 5.41 Å². The molecule has 0 aromatic heterocycles. The van der Waals surface area contributed by atoms with Crippen LogP contribution in [0.25, 0.3) is 12.2 Å². The van der Waals surface area contributed by atoms with Crippen molar-refractivity contribution in [2.45, 2.75) is 51.4 Å². The lowest BCUT2D eigenvalue weighted by Gasteiger charge is -2.42. The van der Waals surface area contributed by atoms with Gasteiger partial charge in [-0.15, -0.1) is 0 Å². The van der Waals surface area contributed by atoms with Gasteiger partial charge >= 0.3 is 0 Å². The number of hydrogen-bond acceptors (Lipinski definition) is 0. The van der Waals surface area contributed by atoms with E-state index in [2.05, 4.69) is 88.4 Å². The van der Waals surface area contributed by atoms with Gasteiger partial charge in [0, 0.05) is 0 Å². The summed E-state index contributed by atoms with van der Waals surface area (Å²) in [5.74, 6) is 0. The van der Waals surface area contributed by atoms with Gasteiger partial charge in [0.1, 0.15) is 0 Å². The van der Waals surface area contributed by atoms with Crippen molar-refractivity contribution in [3.05, 3.63) is 70.8 Å². The van der Waals surface area contributed by atoms with Crippen LogP contribution in [-0.2, 0) is 10.8 Å².